The van der Waals surface area contributed by atoms with Gasteiger partial charge in [-0.05, 0) is 0 Å². The Morgan fingerprint density at radius 2 is 2.00 bits per heavy atom. The summed E-state index contributed by atoms with van der Waals surface area (Å²) in [5.41, 5.74) is 4.97. The van der Waals surface area contributed by atoms with E-state index in [-0.39, 0.29) is 5.84 Å². The summed E-state index contributed by atoms with van der Waals surface area (Å²) in [6, 6.07) is 0. The number of rotatable bonds is 1. The fraction of sp³-hybridized carbons (Fsp3) is 0.500. The van der Waals surface area contributed by atoms with Crippen molar-refractivity contribution in [2.24, 2.45) is 10.2 Å². The molecule has 0 saturated heterocycles. The van der Waals surface area contributed by atoms with Crippen molar-refractivity contribution < 1.29 is 0 Å². The van der Waals surface area contributed by atoms with E-state index in [0.29, 0.717) is 0 Å². The van der Waals surface area contributed by atoms with Crippen LogP contribution in [0.1, 0.15) is 0 Å². The molecule has 0 aliphatic rings. The summed E-state index contributed by atoms with van der Waals surface area (Å²) < 4.78 is 2.99. The highest BCUT2D eigenvalue weighted by Gasteiger charge is 2.00. The molecular weight excluding hydrogens is 158 g/mol. The number of amidine groups is 1. The summed E-state index contributed by atoms with van der Waals surface area (Å²) in [5.74, 6) is 0.0185. The molecule has 7 heavy (non-hydrogen) atoms. The quantitative estimate of drug-likeness (QED) is 0.351. The summed E-state index contributed by atoms with van der Waals surface area (Å²) in [7, 11) is 0. The Balaban J connectivity index is 3.56. The van der Waals surface area contributed by atoms with Crippen LogP contribution >= 0.6 is 35.0 Å². The van der Waals surface area contributed by atoms with Crippen molar-refractivity contribution in [2.75, 3.05) is 0 Å². The molecule has 0 amide bonds. The minimum absolute atomic E-state index is 0.0185. The smallest absolute Gasteiger partial charge is 0.165 e. The van der Waals surface area contributed by atoms with Crippen molar-refractivity contribution in [2.45, 2.75) is 4.84 Å². The van der Waals surface area contributed by atoms with Crippen molar-refractivity contribution in [1.29, 1.82) is 0 Å². The zero-order chi connectivity index (χ0) is 5.86. The first kappa shape index (κ1) is 7.34. The normalized spacial score (nSPS) is 12.9. The van der Waals surface area contributed by atoms with Gasteiger partial charge in [-0.1, -0.05) is 23.2 Å². The van der Waals surface area contributed by atoms with Crippen LogP contribution in [0.2, 0.25) is 0 Å². The Kier molecular flexibility index (Phi) is 3.52. The molecule has 0 spiro atoms. The monoisotopic (exact) mass is 160 g/mol. The van der Waals surface area contributed by atoms with Gasteiger partial charge in [0.25, 0.3) is 0 Å². The molecule has 42 valence electrons. The van der Waals surface area contributed by atoms with Crippen LogP contribution < -0.4 is 5.73 Å². The maximum absolute atomic E-state index is 5.15. The fourth-order valence-corrected chi connectivity index (χ4v) is 0.332. The van der Waals surface area contributed by atoms with Crippen molar-refractivity contribution >= 4 is 40.8 Å². The van der Waals surface area contributed by atoms with E-state index in [9.17, 15) is 0 Å². The second-order valence-corrected chi connectivity index (χ2v) is 2.08. The SMILES string of the molecule is N/C(=N\Cl)C(Cl)Cl. The second-order valence-electron chi connectivity index (χ2n) is 0.810. The van der Waals surface area contributed by atoms with Crippen LogP contribution in [0.15, 0.2) is 4.51 Å². The lowest BCUT2D eigenvalue weighted by molar-refractivity contribution is 1.53. The van der Waals surface area contributed by atoms with E-state index in [2.05, 4.69) is 4.51 Å². The van der Waals surface area contributed by atoms with Gasteiger partial charge in [-0.15, -0.1) is 0 Å². The van der Waals surface area contributed by atoms with E-state index in [4.69, 9.17) is 40.7 Å². The highest BCUT2D eigenvalue weighted by molar-refractivity contribution is 6.54. The molecule has 0 bridgehead atoms. The molecule has 2 nitrogen and oxygen atoms in total. The Morgan fingerprint density at radius 1 is 1.57 bits per heavy atom. The van der Waals surface area contributed by atoms with Crippen LogP contribution in [0.5, 0.6) is 0 Å². The molecule has 0 atom stereocenters. The largest absolute Gasteiger partial charge is 0.384 e. The zero-order valence-electron chi connectivity index (χ0n) is 3.24. The van der Waals surface area contributed by atoms with Crippen LogP contribution in [-0.2, 0) is 0 Å². The minimum atomic E-state index is -0.794. The maximum atomic E-state index is 5.15. The number of nitrogens with zero attached hydrogens (tertiary/aromatic N) is 1. The molecule has 0 aromatic carbocycles. The van der Waals surface area contributed by atoms with Crippen molar-refractivity contribution in [3.63, 3.8) is 0 Å². The first-order valence-corrected chi connectivity index (χ1v) is 2.62. The summed E-state index contributed by atoms with van der Waals surface area (Å²) in [6.07, 6.45) is 0. The van der Waals surface area contributed by atoms with Gasteiger partial charge in [0.05, 0.1) is 0 Å². The lowest BCUT2D eigenvalue weighted by atomic mass is 10.7. The van der Waals surface area contributed by atoms with E-state index in [1.54, 1.807) is 0 Å². The highest BCUT2D eigenvalue weighted by Crippen LogP contribution is 2.00. The number of alkyl halides is 2. The first-order chi connectivity index (χ1) is 3.18. The van der Waals surface area contributed by atoms with Crippen LogP contribution in [0.25, 0.3) is 0 Å². The van der Waals surface area contributed by atoms with Crippen molar-refractivity contribution in [1.82, 2.24) is 0 Å². The summed E-state index contributed by atoms with van der Waals surface area (Å²) in [5, 5.41) is 0. The maximum Gasteiger partial charge on any atom is 0.165 e. The summed E-state index contributed by atoms with van der Waals surface area (Å²) >= 11 is 15.1. The van der Waals surface area contributed by atoms with Gasteiger partial charge in [0.15, 0.2) is 4.84 Å². The van der Waals surface area contributed by atoms with Crippen LogP contribution in [0.3, 0.4) is 0 Å². The van der Waals surface area contributed by atoms with E-state index >= 15 is 0 Å². The van der Waals surface area contributed by atoms with Crippen LogP contribution in [0, 0.1) is 0 Å². The first-order valence-electron chi connectivity index (χ1n) is 1.41. The standard InChI is InChI=1S/C2H3Cl3N2/c3-1(4)2(6)7-5/h1H,(H2,6,7). The van der Waals surface area contributed by atoms with Crippen molar-refractivity contribution in [3.8, 4) is 0 Å². The van der Waals surface area contributed by atoms with Crippen LogP contribution in [0.4, 0.5) is 0 Å². The minimum Gasteiger partial charge on any atom is -0.384 e. The molecular formula is C2H3Cl3N2. The third kappa shape index (κ3) is 2.97. The molecule has 0 aromatic heterocycles. The predicted octanol–water partition coefficient (Wildman–Crippen LogP) is 1.30. The van der Waals surface area contributed by atoms with E-state index < -0.39 is 4.84 Å². The average molecular weight is 161 g/mol. The molecule has 0 fully saturated rings. The summed E-state index contributed by atoms with van der Waals surface area (Å²) in [6.45, 7) is 0. The third-order valence-corrected chi connectivity index (χ3v) is 0.964. The molecule has 0 rings (SSSR count). The number of halogens is 3. The number of hydrogen-bond donors (Lipinski definition) is 1. The lowest BCUT2D eigenvalue weighted by Gasteiger charge is -1.92. The second kappa shape index (κ2) is 3.36. The predicted molar refractivity (Wildman–Crippen MR) is 33.0 cm³/mol. The Hall–Kier alpha value is 0.340. The highest BCUT2D eigenvalue weighted by atomic mass is 35.5. The molecule has 2 N–H and O–H groups in total. The Labute approximate surface area is 56.4 Å². The fourth-order valence-electron chi connectivity index (χ4n) is 0.0369. The Bertz CT molecular complexity index is 79.0. The molecule has 0 unspecified atom stereocenters. The van der Waals surface area contributed by atoms with Gasteiger partial charge in [-0.2, -0.15) is 4.51 Å². The molecule has 5 heteroatoms. The van der Waals surface area contributed by atoms with Gasteiger partial charge in [-0.25, -0.2) is 0 Å². The van der Waals surface area contributed by atoms with E-state index in [1.807, 2.05) is 0 Å². The van der Waals surface area contributed by atoms with Gasteiger partial charge < -0.3 is 5.73 Å². The molecule has 0 aliphatic heterocycles. The topological polar surface area (TPSA) is 38.4 Å². The van der Waals surface area contributed by atoms with Gasteiger partial charge in [0.2, 0.25) is 0 Å². The van der Waals surface area contributed by atoms with Crippen LogP contribution in [-0.4, -0.2) is 10.7 Å². The third-order valence-electron chi connectivity index (χ3n) is 0.321. The zero-order valence-corrected chi connectivity index (χ0v) is 5.50. The Morgan fingerprint density at radius 3 is 2.00 bits per heavy atom. The van der Waals surface area contributed by atoms with Gasteiger partial charge in [-0.3, -0.25) is 0 Å². The number of hydrogen-bond acceptors (Lipinski definition) is 1. The number of nitrogens with two attached hydrogens (primary N) is 1. The average Bonchev–Trinajstić information content (AvgIpc) is 1.65. The van der Waals surface area contributed by atoms with Gasteiger partial charge in [0.1, 0.15) is 5.84 Å². The summed E-state index contributed by atoms with van der Waals surface area (Å²) in [4.78, 5) is -0.794. The molecule has 0 saturated carbocycles. The van der Waals surface area contributed by atoms with Gasteiger partial charge in [0, 0.05) is 11.8 Å². The molecule has 0 aromatic rings. The molecule has 0 aliphatic carbocycles. The van der Waals surface area contributed by atoms with Crippen molar-refractivity contribution in [3.05, 3.63) is 0 Å². The van der Waals surface area contributed by atoms with Gasteiger partial charge >= 0.3 is 0 Å². The molecule has 0 radical (unpaired) electrons. The van der Waals surface area contributed by atoms with E-state index in [0.717, 1.165) is 0 Å². The lowest BCUT2D eigenvalue weighted by Crippen LogP contribution is -2.18. The van der Waals surface area contributed by atoms with E-state index in [1.165, 1.54) is 0 Å². The molecule has 0 heterocycles.